The highest BCUT2D eigenvalue weighted by atomic mass is 127. The Bertz CT molecular complexity index is 733. The van der Waals surface area contributed by atoms with Crippen molar-refractivity contribution in [1.29, 1.82) is 0 Å². The molecule has 2 aromatic carbocycles. The third-order valence-electron chi connectivity index (χ3n) is 2.94. The van der Waals surface area contributed by atoms with Crippen molar-refractivity contribution in [3.8, 4) is 11.5 Å². The lowest BCUT2D eigenvalue weighted by atomic mass is 10.2. The minimum absolute atomic E-state index is 0.312. The molecule has 0 aromatic heterocycles. The molecule has 0 aliphatic heterocycles. The van der Waals surface area contributed by atoms with E-state index in [1.807, 2.05) is 6.07 Å². The van der Waals surface area contributed by atoms with Crippen LogP contribution in [0.1, 0.15) is 15.9 Å². The molecular formula is C16H14ClIN2O3. The Balaban J connectivity index is 2.10. The van der Waals surface area contributed by atoms with Crippen molar-refractivity contribution < 1.29 is 14.3 Å². The van der Waals surface area contributed by atoms with Crippen LogP contribution >= 0.6 is 34.2 Å². The van der Waals surface area contributed by atoms with Crippen LogP contribution in [0.5, 0.6) is 11.5 Å². The second-order valence-electron chi connectivity index (χ2n) is 4.44. The highest BCUT2D eigenvalue weighted by Gasteiger charge is 2.09. The average Bonchev–Trinajstić information content (AvgIpc) is 2.54. The minimum Gasteiger partial charge on any atom is -0.493 e. The van der Waals surface area contributed by atoms with Crippen molar-refractivity contribution in [3.63, 3.8) is 0 Å². The van der Waals surface area contributed by atoms with Gasteiger partial charge in [-0.15, -0.1) is 0 Å². The molecule has 0 spiro atoms. The summed E-state index contributed by atoms with van der Waals surface area (Å²) in [6.45, 7) is 0. The number of amides is 1. The standard InChI is InChI=1S/C16H14ClIN2O3/c1-22-14-8-10(7-13(18)15(14)23-2)9-19-20-16(21)11-3-5-12(17)6-4-11/h3-9H,1-2H3,(H,20,21)/b19-9-. The number of halogens is 2. The summed E-state index contributed by atoms with van der Waals surface area (Å²) in [6.07, 6.45) is 1.54. The number of hydrazone groups is 1. The van der Waals surface area contributed by atoms with E-state index in [9.17, 15) is 4.79 Å². The molecule has 0 saturated heterocycles. The Kier molecular flexibility index (Phi) is 6.23. The molecule has 2 rings (SSSR count). The van der Waals surface area contributed by atoms with Gasteiger partial charge in [0.1, 0.15) is 0 Å². The number of benzene rings is 2. The van der Waals surface area contributed by atoms with Gasteiger partial charge >= 0.3 is 0 Å². The van der Waals surface area contributed by atoms with E-state index in [2.05, 4.69) is 33.1 Å². The summed E-state index contributed by atoms with van der Waals surface area (Å²) in [5, 5.41) is 4.53. The molecule has 5 nitrogen and oxygen atoms in total. The predicted octanol–water partition coefficient (Wildman–Crippen LogP) is 3.73. The van der Waals surface area contributed by atoms with Gasteiger partial charge in [0.05, 0.1) is 24.0 Å². The van der Waals surface area contributed by atoms with Crippen LogP contribution in [0, 0.1) is 3.57 Å². The highest BCUT2D eigenvalue weighted by Crippen LogP contribution is 2.32. The average molecular weight is 445 g/mol. The molecule has 23 heavy (non-hydrogen) atoms. The lowest BCUT2D eigenvalue weighted by molar-refractivity contribution is 0.0955. The van der Waals surface area contributed by atoms with Gasteiger partial charge in [0, 0.05) is 10.6 Å². The Morgan fingerprint density at radius 1 is 1.22 bits per heavy atom. The zero-order valence-corrected chi connectivity index (χ0v) is 15.4. The molecule has 0 atom stereocenters. The van der Waals surface area contributed by atoms with Crippen molar-refractivity contribution in [3.05, 3.63) is 56.1 Å². The van der Waals surface area contributed by atoms with Crippen LogP contribution < -0.4 is 14.9 Å². The second-order valence-corrected chi connectivity index (χ2v) is 6.04. The number of carbonyl (C=O) groups excluding carboxylic acids is 1. The van der Waals surface area contributed by atoms with Crippen LogP contribution in [0.15, 0.2) is 41.5 Å². The van der Waals surface area contributed by atoms with E-state index in [4.69, 9.17) is 21.1 Å². The normalized spacial score (nSPS) is 10.6. The maximum Gasteiger partial charge on any atom is 0.271 e. The lowest BCUT2D eigenvalue weighted by Gasteiger charge is -2.10. The van der Waals surface area contributed by atoms with Crippen LogP contribution in [0.4, 0.5) is 0 Å². The molecule has 1 N–H and O–H groups in total. The molecule has 1 amide bonds. The van der Waals surface area contributed by atoms with Crippen molar-refractivity contribution in [2.24, 2.45) is 5.10 Å². The lowest BCUT2D eigenvalue weighted by Crippen LogP contribution is -2.17. The fourth-order valence-corrected chi connectivity index (χ4v) is 2.82. The third-order valence-corrected chi connectivity index (χ3v) is 4.00. The highest BCUT2D eigenvalue weighted by molar-refractivity contribution is 14.1. The van der Waals surface area contributed by atoms with Gasteiger partial charge in [0.2, 0.25) is 0 Å². The fourth-order valence-electron chi connectivity index (χ4n) is 1.84. The molecule has 0 heterocycles. The van der Waals surface area contributed by atoms with Gasteiger partial charge in [-0.05, 0) is 64.6 Å². The summed E-state index contributed by atoms with van der Waals surface area (Å²) >= 11 is 7.93. The number of hydrogen-bond acceptors (Lipinski definition) is 4. The summed E-state index contributed by atoms with van der Waals surface area (Å²) in [5.41, 5.74) is 3.73. The number of hydrogen-bond donors (Lipinski definition) is 1. The van der Waals surface area contributed by atoms with Crippen molar-refractivity contribution in [2.75, 3.05) is 14.2 Å². The molecule has 120 valence electrons. The number of nitrogens with zero attached hydrogens (tertiary/aromatic N) is 1. The Morgan fingerprint density at radius 2 is 1.91 bits per heavy atom. The number of rotatable bonds is 5. The predicted molar refractivity (Wildman–Crippen MR) is 98.8 cm³/mol. The summed E-state index contributed by atoms with van der Waals surface area (Å²) < 4.78 is 11.4. The molecule has 0 unspecified atom stereocenters. The molecule has 0 radical (unpaired) electrons. The fraction of sp³-hybridized carbons (Fsp3) is 0.125. The first-order valence-electron chi connectivity index (χ1n) is 6.55. The quantitative estimate of drug-likeness (QED) is 0.434. The maximum atomic E-state index is 11.9. The van der Waals surface area contributed by atoms with E-state index in [0.29, 0.717) is 22.1 Å². The monoisotopic (exact) mass is 444 g/mol. The SMILES string of the molecule is COc1cc(/C=N\NC(=O)c2ccc(Cl)cc2)cc(I)c1OC. The van der Waals surface area contributed by atoms with Crippen molar-refractivity contribution in [2.45, 2.75) is 0 Å². The van der Waals surface area contributed by atoms with E-state index >= 15 is 0 Å². The molecule has 0 fully saturated rings. The van der Waals surface area contributed by atoms with E-state index in [-0.39, 0.29) is 5.91 Å². The van der Waals surface area contributed by atoms with Gasteiger partial charge < -0.3 is 9.47 Å². The molecule has 0 aliphatic carbocycles. The second kappa shape index (κ2) is 8.16. The number of ether oxygens (including phenoxy) is 2. The first kappa shape index (κ1) is 17.6. The Hall–Kier alpha value is -1.80. The van der Waals surface area contributed by atoms with Gasteiger partial charge in [-0.2, -0.15) is 5.10 Å². The van der Waals surface area contributed by atoms with Gasteiger partial charge in [-0.1, -0.05) is 11.6 Å². The summed E-state index contributed by atoms with van der Waals surface area (Å²) in [4.78, 5) is 11.9. The van der Waals surface area contributed by atoms with Gasteiger partial charge in [0.25, 0.3) is 5.91 Å². The number of carbonyl (C=O) groups is 1. The smallest absolute Gasteiger partial charge is 0.271 e. The van der Waals surface area contributed by atoms with E-state index in [1.165, 1.54) is 6.21 Å². The van der Waals surface area contributed by atoms with Gasteiger partial charge in [-0.3, -0.25) is 4.79 Å². The first-order valence-corrected chi connectivity index (χ1v) is 8.01. The molecule has 0 aliphatic rings. The topological polar surface area (TPSA) is 59.9 Å². The largest absolute Gasteiger partial charge is 0.493 e. The van der Waals surface area contributed by atoms with Crippen LogP contribution in [0.3, 0.4) is 0 Å². The first-order chi connectivity index (χ1) is 11.0. The van der Waals surface area contributed by atoms with Crippen molar-refractivity contribution >= 4 is 46.3 Å². The van der Waals surface area contributed by atoms with E-state index in [0.717, 1.165) is 9.13 Å². The van der Waals surface area contributed by atoms with Crippen LogP contribution in [-0.2, 0) is 0 Å². The zero-order chi connectivity index (χ0) is 16.8. The Morgan fingerprint density at radius 3 is 2.52 bits per heavy atom. The number of nitrogens with one attached hydrogen (secondary N) is 1. The van der Waals surface area contributed by atoms with E-state index < -0.39 is 0 Å². The van der Waals surface area contributed by atoms with Crippen LogP contribution in [0.2, 0.25) is 5.02 Å². The van der Waals surface area contributed by atoms with Crippen molar-refractivity contribution in [1.82, 2.24) is 5.43 Å². The molecule has 0 bridgehead atoms. The molecular weight excluding hydrogens is 431 g/mol. The maximum absolute atomic E-state index is 11.9. The molecule has 7 heteroatoms. The van der Waals surface area contributed by atoms with Crippen LogP contribution in [0.25, 0.3) is 0 Å². The van der Waals surface area contributed by atoms with E-state index in [1.54, 1.807) is 44.6 Å². The number of methoxy groups -OCH3 is 2. The zero-order valence-electron chi connectivity index (χ0n) is 12.5. The summed E-state index contributed by atoms with van der Waals surface area (Å²) in [7, 11) is 3.15. The summed E-state index contributed by atoms with van der Waals surface area (Å²) in [5.74, 6) is 0.952. The third kappa shape index (κ3) is 4.59. The Labute approximate surface area is 152 Å². The molecule has 0 saturated carbocycles. The minimum atomic E-state index is -0.312. The van der Waals surface area contributed by atoms with Gasteiger partial charge in [-0.25, -0.2) is 5.43 Å². The van der Waals surface area contributed by atoms with Gasteiger partial charge in [0.15, 0.2) is 11.5 Å². The summed E-state index contributed by atoms with van der Waals surface area (Å²) in [6, 6.07) is 10.2. The molecule has 2 aromatic rings. The van der Waals surface area contributed by atoms with Crippen LogP contribution in [-0.4, -0.2) is 26.3 Å².